The molecule has 0 aliphatic heterocycles. The van der Waals surface area contributed by atoms with Crippen LogP contribution in [0, 0.1) is 0 Å². The second kappa shape index (κ2) is 7.20. The van der Waals surface area contributed by atoms with E-state index in [-0.39, 0.29) is 5.60 Å². The SMILES string of the molecule is COC(C)(C)CCNC(C)CCN(C)C. The fourth-order valence-electron chi connectivity index (χ4n) is 1.28. The highest BCUT2D eigenvalue weighted by Crippen LogP contribution is 2.11. The van der Waals surface area contributed by atoms with Crippen LogP contribution >= 0.6 is 0 Å². The Morgan fingerprint density at radius 3 is 2.40 bits per heavy atom. The maximum absolute atomic E-state index is 5.37. The van der Waals surface area contributed by atoms with Crippen LogP contribution in [-0.4, -0.2) is 50.8 Å². The van der Waals surface area contributed by atoms with Gasteiger partial charge in [-0.15, -0.1) is 0 Å². The van der Waals surface area contributed by atoms with Gasteiger partial charge >= 0.3 is 0 Å². The molecule has 1 atom stereocenters. The van der Waals surface area contributed by atoms with Gasteiger partial charge in [0.15, 0.2) is 0 Å². The Hall–Kier alpha value is -0.120. The average molecular weight is 216 g/mol. The number of nitrogens with zero attached hydrogens (tertiary/aromatic N) is 1. The maximum Gasteiger partial charge on any atom is 0.0634 e. The van der Waals surface area contributed by atoms with E-state index in [2.05, 4.69) is 45.1 Å². The van der Waals surface area contributed by atoms with Gasteiger partial charge in [-0.2, -0.15) is 0 Å². The van der Waals surface area contributed by atoms with Crippen LogP contribution in [-0.2, 0) is 4.74 Å². The molecule has 0 radical (unpaired) electrons. The van der Waals surface area contributed by atoms with Gasteiger partial charge in [0.1, 0.15) is 0 Å². The highest BCUT2D eigenvalue weighted by Gasteiger charge is 2.15. The Bertz CT molecular complexity index is 158. The molecular formula is C12H28N2O. The number of hydrogen-bond donors (Lipinski definition) is 1. The standard InChI is InChI=1S/C12H28N2O/c1-11(7-10-14(4)5)13-9-8-12(2,3)15-6/h11,13H,7-10H2,1-6H3. The lowest BCUT2D eigenvalue weighted by atomic mass is 10.1. The Labute approximate surface area is 95.2 Å². The van der Waals surface area contributed by atoms with Gasteiger partial charge in [-0.3, -0.25) is 0 Å². The first-order valence-corrected chi connectivity index (χ1v) is 5.80. The monoisotopic (exact) mass is 216 g/mol. The van der Waals surface area contributed by atoms with Crippen molar-refractivity contribution in [2.24, 2.45) is 0 Å². The smallest absolute Gasteiger partial charge is 0.0634 e. The predicted molar refractivity (Wildman–Crippen MR) is 66.3 cm³/mol. The molecule has 0 aliphatic carbocycles. The number of hydrogen-bond acceptors (Lipinski definition) is 3. The van der Waals surface area contributed by atoms with Crippen LogP contribution in [0.2, 0.25) is 0 Å². The molecule has 0 fully saturated rings. The molecule has 0 aliphatic rings. The molecular weight excluding hydrogens is 188 g/mol. The molecule has 92 valence electrons. The van der Waals surface area contributed by atoms with E-state index in [1.807, 2.05) is 0 Å². The Balaban J connectivity index is 3.50. The highest BCUT2D eigenvalue weighted by atomic mass is 16.5. The zero-order chi connectivity index (χ0) is 11.9. The van der Waals surface area contributed by atoms with E-state index in [1.165, 1.54) is 6.42 Å². The molecule has 3 heteroatoms. The van der Waals surface area contributed by atoms with Gasteiger partial charge in [0.05, 0.1) is 5.60 Å². The number of rotatable bonds is 8. The molecule has 0 aromatic heterocycles. The molecule has 0 aromatic rings. The Kier molecular flexibility index (Phi) is 7.14. The molecule has 0 saturated heterocycles. The van der Waals surface area contributed by atoms with Crippen molar-refractivity contribution < 1.29 is 4.74 Å². The van der Waals surface area contributed by atoms with E-state index in [4.69, 9.17) is 4.74 Å². The van der Waals surface area contributed by atoms with Crippen LogP contribution in [0.15, 0.2) is 0 Å². The van der Waals surface area contributed by atoms with Gasteiger partial charge in [-0.25, -0.2) is 0 Å². The lowest BCUT2D eigenvalue weighted by Gasteiger charge is -2.24. The van der Waals surface area contributed by atoms with E-state index in [1.54, 1.807) is 7.11 Å². The van der Waals surface area contributed by atoms with Crippen LogP contribution in [0.1, 0.15) is 33.6 Å². The summed E-state index contributed by atoms with van der Waals surface area (Å²) in [6, 6.07) is 0.583. The van der Waals surface area contributed by atoms with Crippen molar-refractivity contribution in [2.75, 3.05) is 34.3 Å². The molecule has 0 rings (SSSR count). The second-order valence-electron chi connectivity index (χ2n) is 5.16. The van der Waals surface area contributed by atoms with Crippen molar-refractivity contribution >= 4 is 0 Å². The first-order chi connectivity index (χ1) is 6.87. The van der Waals surface area contributed by atoms with Gasteiger partial charge < -0.3 is 15.0 Å². The van der Waals surface area contributed by atoms with Gasteiger partial charge in [-0.05, 0) is 60.8 Å². The molecule has 3 nitrogen and oxygen atoms in total. The summed E-state index contributed by atoms with van der Waals surface area (Å²) in [5, 5.41) is 3.52. The van der Waals surface area contributed by atoms with Crippen molar-refractivity contribution in [1.82, 2.24) is 10.2 Å². The molecule has 1 unspecified atom stereocenters. The summed E-state index contributed by atoms with van der Waals surface area (Å²) < 4.78 is 5.37. The highest BCUT2D eigenvalue weighted by molar-refractivity contribution is 4.71. The number of nitrogens with one attached hydrogen (secondary N) is 1. The average Bonchev–Trinajstić information content (AvgIpc) is 2.14. The molecule has 0 spiro atoms. The summed E-state index contributed by atoms with van der Waals surface area (Å²) >= 11 is 0. The van der Waals surface area contributed by atoms with E-state index in [9.17, 15) is 0 Å². The molecule has 0 amide bonds. The Morgan fingerprint density at radius 1 is 1.33 bits per heavy atom. The van der Waals surface area contributed by atoms with Crippen LogP contribution in [0.5, 0.6) is 0 Å². The van der Waals surface area contributed by atoms with E-state index in [0.29, 0.717) is 6.04 Å². The van der Waals surface area contributed by atoms with Crippen LogP contribution in [0.4, 0.5) is 0 Å². The zero-order valence-electron chi connectivity index (χ0n) is 11.3. The third-order valence-electron chi connectivity index (χ3n) is 2.78. The molecule has 1 N–H and O–H groups in total. The van der Waals surface area contributed by atoms with Gasteiger partial charge in [0, 0.05) is 13.2 Å². The number of methoxy groups -OCH3 is 1. The minimum Gasteiger partial charge on any atom is -0.379 e. The lowest BCUT2D eigenvalue weighted by molar-refractivity contribution is 0.0154. The first kappa shape index (κ1) is 14.9. The summed E-state index contributed by atoms with van der Waals surface area (Å²) in [7, 11) is 6.00. The minimum atomic E-state index is -0.00569. The van der Waals surface area contributed by atoms with Crippen molar-refractivity contribution in [1.29, 1.82) is 0 Å². The summed E-state index contributed by atoms with van der Waals surface area (Å²) in [5.74, 6) is 0. The van der Waals surface area contributed by atoms with Crippen molar-refractivity contribution in [3.8, 4) is 0 Å². The third kappa shape index (κ3) is 8.85. The van der Waals surface area contributed by atoms with Crippen molar-refractivity contribution in [2.45, 2.75) is 45.3 Å². The van der Waals surface area contributed by atoms with Crippen LogP contribution in [0.25, 0.3) is 0 Å². The fourth-order valence-corrected chi connectivity index (χ4v) is 1.28. The topological polar surface area (TPSA) is 24.5 Å². The van der Waals surface area contributed by atoms with Gasteiger partial charge in [0.2, 0.25) is 0 Å². The van der Waals surface area contributed by atoms with Crippen molar-refractivity contribution in [3.05, 3.63) is 0 Å². The minimum absolute atomic E-state index is 0.00569. The quantitative estimate of drug-likeness (QED) is 0.669. The van der Waals surface area contributed by atoms with Crippen LogP contribution in [0.3, 0.4) is 0 Å². The fraction of sp³-hybridized carbons (Fsp3) is 1.00. The maximum atomic E-state index is 5.37. The zero-order valence-corrected chi connectivity index (χ0v) is 11.3. The molecule has 0 saturated carbocycles. The summed E-state index contributed by atoms with van der Waals surface area (Å²) in [4.78, 5) is 2.22. The second-order valence-corrected chi connectivity index (χ2v) is 5.16. The van der Waals surface area contributed by atoms with E-state index < -0.39 is 0 Å². The lowest BCUT2D eigenvalue weighted by Crippen LogP contribution is -2.34. The normalized spacial score (nSPS) is 14.6. The van der Waals surface area contributed by atoms with E-state index in [0.717, 1.165) is 19.5 Å². The van der Waals surface area contributed by atoms with Crippen LogP contribution < -0.4 is 5.32 Å². The predicted octanol–water partition coefficient (Wildman–Crippen LogP) is 1.73. The van der Waals surface area contributed by atoms with Gasteiger partial charge in [0.25, 0.3) is 0 Å². The summed E-state index contributed by atoms with van der Waals surface area (Å²) in [6.07, 6.45) is 2.25. The third-order valence-corrected chi connectivity index (χ3v) is 2.78. The van der Waals surface area contributed by atoms with E-state index >= 15 is 0 Å². The molecule has 0 heterocycles. The largest absolute Gasteiger partial charge is 0.379 e. The Morgan fingerprint density at radius 2 is 1.93 bits per heavy atom. The first-order valence-electron chi connectivity index (χ1n) is 5.80. The van der Waals surface area contributed by atoms with Crippen molar-refractivity contribution in [3.63, 3.8) is 0 Å². The molecule has 0 bridgehead atoms. The summed E-state index contributed by atoms with van der Waals surface area (Å²) in [5.41, 5.74) is -0.00569. The molecule has 15 heavy (non-hydrogen) atoms. The van der Waals surface area contributed by atoms with Gasteiger partial charge in [-0.1, -0.05) is 0 Å². The number of ether oxygens (including phenoxy) is 1. The summed E-state index contributed by atoms with van der Waals surface area (Å²) in [6.45, 7) is 8.65. The molecule has 0 aromatic carbocycles.